The van der Waals surface area contributed by atoms with Crippen molar-refractivity contribution in [3.05, 3.63) is 77.5 Å². The number of rotatable bonds is 5. The molecule has 4 heterocycles. The summed E-state index contributed by atoms with van der Waals surface area (Å²) in [6.07, 6.45) is -0.0716. The quantitative estimate of drug-likeness (QED) is 0.470. The molecule has 6 rings (SSSR count). The van der Waals surface area contributed by atoms with Gasteiger partial charge in [0.1, 0.15) is 18.7 Å². The van der Waals surface area contributed by atoms with E-state index in [1.807, 2.05) is 30.3 Å². The van der Waals surface area contributed by atoms with Gasteiger partial charge in [-0.15, -0.1) is 0 Å². The number of benzene rings is 2. The Morgan fingerprint density at radius 2 is 1.85 bits per heavy atom. The molecular formula is C27H30F3N2O+. The first kappa shape index (κ1) is 22.4. The summed E-state index contributed by atoms with van der Waals surface area (Å²) in [5.74, 6) is 1.18. The zero-order chi connectivity index (χ0) is 23.2. The maximum absolute atomic E-state index is 13.1. The standard InChI is InChI=1S/C27H30F3N2O/c1-2-19-17-32(16-18-7-9-21(10-8-18)27(28,29)30)14-12-20(19)15-25(32)26(33)23-11-13-31-24-6-4-3-5-22(23)24/h3-11,13,19-20,25-26,33H,2,12,14-17H2,1H3/q+1/t19-,20-,25+,26-,32-/m0/s1. The number of piperidine rings is 3. The van der Waals surface area contributed by atoms with Gasteiger partial charge in [0.05, 0.1) is 24.2 Å². The SMILES string of the molecule is CC[C@H]1C[N@@+]2(Cc3ccc(C(F)(F)F)cc3)CC[C@H]1C[C@@H]2[C@@H](O)c1ccnc2ccccc12. The number of pyridine rings is 1. The third-order valence-electron chi connectivity index (χ3n) is 8.13. The molecule has 3 saturated heterocycles. The van der Waals surface area contributed by atoms with Crippen molar-refractivity contribution in [3.8, 4) is 0 Å². The predicted molar refractivity (Wildman–Crippen MR) is 122 cm³/mol. The van der Waals surface area contributed by atoms with Gasteiger partial charge < -0.3 is 9.59 Å². The van der Waals surface area contributed by atoms with E-state index in [1.54, 1.807) is 18.3 Å². The van der Waals surface area contributed by atoms with Crippen molar-refractivity contribution in [2.75, 3.05) is 13.1 Å². The Balaban J connectivity index is 1.51. The van der Waals surface area contributed by atoms with Crippen LogP contribution in [0.1, 0.15) is 49.0 Å². The molecule has 0 amide bonds. The van der Waals surface area contributed by atoms with E-state index >= 15 is 0 Å². The first-order valence-corrected chi connectivity index (χ1v) is 11.8. The van der Waals surface area contributed by atoms with Crippen LogP contribution in [0, 0.1) is 11.8 Å². The summed E-state index contributed by atoms with van der Waals surface area (Å²) >= 11 is 0. The predicted octanol–water partition coefficient (Wildman–Crippen LogP) is 6.12. The second-order valence-corrected chi connectivity index (χ2v) is 9.86. The minimum Gasteiger partial charge on any atom is -0.382 e. The largest absolute Gasteiger partial charge is 0.416 e. The number of fused-ring (bicyclic) bond motifs is 4. The van der Waals surface area contributed by atoms with Gasteiger partial charge in [-0.3, -0.25) is 4.98 Å². The summed E-state index contributed by atoms with van der Waals surface area (Å²) in [4.78, 5) is 4.45. The second kappa shape index (κ2) is 8.41. The number of nitrogens with zero attached hydrogens (tertiary/aromatic N) is 2. The van der Waals surface area contributed by atoms with Gasteiger partial charge in [0.2, 0.25) is 0 Å². The minimum absolute atomic E-state index is 0.0136. The summed E-state index contributed by atoms with van der Waals surface area (Å²) in [5.41, 5.74) is 2.05. The molecule has 2 bridgehead atoms. The Morgan fingerprint density at radius 1 is 1.09 bits per heavy atom. The Hall–Kier alpha value is -2.44. The van der Waals surface area contributed by atoms with E-state index in [-0.39, 0.29) is 6.04 Å². The van der Waals surface area contributed by atoms with Gasteiger partial charge >= 0.3 is 6.18 Å². The summed E-state index contributed by atoms with van der Waals surface area (Å²) in [5, 5.41) is 12.7. The molecule has 1 aromatic heterocycles. The van der Waals surface area contributed by atoms with Gasteiger partial charge in [0.15, 0.2) is 0 Å². The molecule has 3 aliphatic rings. The molecule has 0 spiro atoms. The van der Waals surface area contributed by atoms with E-state index in [0.29, 0.717) is 18.4 Å². The molecule has 5 atom stereocenters. The van der Waals surface area contributed by atoms with Crippen LogP contribution in [-0.4, -0.2) is 33.7 Å². The lowest BCUT2D eigenvalue weighted by Crippen LogP contribution is -2.67. The Morgan fingerprint density at radius 3 is 2.58 bits per heavy atom. The lowest BCUT2D eigenvalue weighted by Gasteiger charge is -2.58. The smallest absolute Gasteiger partial charge is 0.382 e. The fraction of sp³-hybridized carbons (Fsp3) is 0.444. The van der Waals surface area contributed by atoms with Crippen LogP contribution in [0.25, 0.3) is 10.9 Å². The summed E-state index contributed by atoms with van der Waals surface area (Å²) in [6, 6.07) is 15.4. The molecule has 0 aliphatic carbocycles. The average Bonchev–Trinajstić information content (AvgIpc) is 2.83. The van der Waals surface area contributed by atoms with Crippen LogP contribution in [0.15, 0.2) is 60.8 Å². The summed E-state index contributed by atoms with van der Waals surface area (Å²) in [7, 11) is 0. The molecule has 6 heteroatoms. The van der Waals surface area contributed by atoms with Crippen LogP contribution in [0.4, 0.5) is 13.2 Å². The number of hydrogen-bond donors (Lipinski definition) is 1. The highest BCUT2D eigenvalue weighted by Crippen LogP contribution is 2.48. The van der Waals surface area contributed by atoms with Crippen molar-refractivity contribution >= 4 is 10.9 Å². The molecule has 3 nitrogen and oxygen atoms in total. The number of alkyl halides is 3. The third-order valence-corrected chi connectivity index (χ3v) is 8.13. The van der Waals surface area contributed by atoms with Crippen LogP contribution >= 0.6 is 0 Å². The van der Waals surface area contributed by atoms with Crippen molar-refractivity contribution in [2.45, 2.75) is 51.1 Å². The molecule has 3 aliphatic heterocycles. The topological polar surface area (TPSA) is 33.1 Å². The Labute approximate surface area is 192 Å². The molecule has 174 valence electrons. The molecule has 0 saturated carbocycles. The molecule has 3 aromatic rings. The Bertz CT molecular complexity index is 1120. The highest BCUT2D eigenvalue weighted by molar-refractivity contribution is 5.82. The Kier molecular flexibility index (Phi) is 5.69. The van der Waals surface area contributed by atoms with Crippen LogP contribution < -0.4 is 0 Å². The average molecular weight is 456 g/mol. The molecule has 2 aromatic carbocycles. The number of quaternary nitrogens is 1. The van der Waals surface area contributed by atoms with Gasteiger partial charge in [-0.25, -0.2) is 0 Å². The number of aromatic nitrogens is 1. The first-order valence-electron chi connectivity index (χ1n) is 11.8. The molecule has 3 fully saturated rings. The van der Waals surface area contributed by atoms with E-state index in [9.17, 15) is 18.3 Å². The molecule has 0 unspecified atom stereocenters. The first-order chi connectivity index (χ1) is 15.8. The third kappa shape index (κ3) is 4.04. The van der Waals surface area contributed by atoms with Crippen LogP contribution in [0.2, 0.25) is 0 Å². The fourth-order valence-corrected chi connectivity index (χ4v) is 6.41. The monoisotopic (exact) mass is 455 g/mol. The minimum atomic E-state index is -4.33. The lowest BCUT2D eigenvalue weighted by atomic mass is 9.70. The van der Waals surface area contributed by atoms with Crippen molar-refractivity contribution < 1.29 is 22.8 Å². The summed E-state index contributed by atoms with van der Waals surface area (Å²) < 4.78 is 39.9. The highest BCUT2D eigenvalue weighted by atomic mass is 19.4. The van der Waals surface area contributed by atoms with E-state index in [2.05, 4.69) is 11.9 Å². The van der Waals surface area contributed by atoms with Crippen LogP contribution in [-0.2, 0) is 12.7 Å². The van der Waals surface area contributed by atoms with E-state index in [1.165, 1.54) is 12.1 Å². The van der Waals surface area contributed by atoms with Gasteiger partial charge in [-0.1, -0.05) is 37.3 Å². The zero-order valence-corrected chi connectivity index (χ0v) is 18.8. The fourth-order valence-electron chi connectivity index (χ4n) is 6.41. The van der Waals surface area contributed by atoms with E-state index < -0.39 is 17.8 Å². The maximum Gasteiger partial charge on any atom is 0.416 e. The molecule has 33 heavy (non-hydrogen) atoms. The van der Waals surface area contributed by atoms with Gasteiger partial charge in [-0.05, 0) is 42.2 Å². The van der Waals surface area contributed by atoms with Gasteiger partial charge in [0.25, 0.3) is 0 Å². The maximum atomic E-state index is 13.1. The molecule has 1 N–H and O–H groups in total. The van der Waals surface area contributed by atoms with E-state index in [4.69, 9.17) is 0 Å². The van der Waals surface area contributed by atoms with E-state index in [0.717, 1.165) is 58.9 Å². The second-order valence-electron chi connectivity index (χ2n) is 9.86. The number of para-hydroxylation sites is 1. The van der Waals surface area contributed by atoms with Crippen molar-refractivity contribution in [2.24, 2.45) is 11.8 Å². The van der Waals surface area contributed by atoms with Crippen molar-refractivity contribution in [3.63, 3.8) is 0 Å². The number of aliphatic hydroxyl groups excluding tert-OH is 1. The zero-order valence-electron chi connectivity index (χ0n) is 18.8. The number of halogens is 3. The molecular weight excluding hydrogens is 425 g/mol. The van der Waals surface area contributed by atoms with Crippen molar-refractivity contribution in [1.29, 1.82) is 0 Å². The van der Waals surface area contributed by atoms with Crippen molar-refractivity contribution in [1.82, 2.24) is 4.98 Å². The normalized spacial score (nSPS) is 28.2. The number of aliphatic hydroxyl groups is 1. The highest BCUT2D eigenvalue weighted by Gasteiger charge is 2.54. The van der Waals surface area contributed by atoms with Gasteiger partial charge in [0, 0.05) is 35.9 Å². The number of hydrogen-bond acceptors (Lipinski definition) is 2. The lowest BCUT2D eigenvalue weighted by molar-refractivity contribution is -0.985. The summed E-state index contributed by atoms with van der Waals surface area (Å²) in [6.45, 7) is 4.79. The van der Waals surface area contributed by atoms with Crippen LogP contribution in [0.5, 0.6) is 0 Å². The van der Waals surface area contributed by atoms with Crippen LogP contribution in [0.3, 0.4) is 0 Å². The molecule has 0 radical (unpaired) electrons. The van der Waals surface area contributed by atoms with Gasteiger partial charge in [-0.2, -0.15) is 13.2 Å².